The van der Waals surface area contributed by atoms with E-state index in [1.807, 2.05) is 0 Å². The third-order valence-electron chi connectivity index (χ3n) is 8.69. The lowest BCUT2D eigenvalue weighted by molar-refractivity contribution is -0.125. The standard InChI is InChI=1S/C37H59N3O2/c41-31-18-6-4-2-1-3-5-13-25-37(42)36-24-14-16-29-40(36)30-19-27-38-26-15-17-28-39(32-34-20-9-7-10-21-34)33-35-22-11-8-12-23-35/h7-12,20-23,36,38,41H,1-6,13-19,24-33H2. The van der Waals surface area contributed by atoms with Crippen molar-refractivity contribution in [2.45, 2.75) is 115 Å². The van der Waals surface area contributed by atoms with E-state index in [0.29, 0.717) is 12.4 Å². The first-order valence-electron chi connectivity index (χ1n) is 17.1. The quantitative estimate of drug-likeness (QED) is 0.128. The Morgan fingerprint density at radius 3 is 1.98 bits per heavy atom. The molecule has 1 atom stereocenters. The summed E-state index contributed by atoms with van der Waals surface area (Å²) in [5.41, 5.74) is 2.75. The lowest BCUT2D eigenvalue weighted by Crippen LogP contribution is -2.45. The van der Waals surface area contributed by atoms with Crippen molar-refractivity contribution < 1.29 is 9.90 Å². The first-order valence-corrected chi connectivity index (χ1v) is 17.1. The highest BCUT2D eigenvalue weighted by molar-refractivity contribution is 5.84. The number of aliphatic hydroxyl groups excluding tert-OH is 1. The zero-order valence-corrected chi connectivity index (χ0v) is 26.4. The predicted molar refractivity (Wildman–Crippen MR) is 177 cm³/mol. The first kappa shape index (κ1) is 34.4. The summed E-state index contributed by atoms with van der Waals surface area (Å²) in [6.07, 6.45) is 17.1. The molecule has 0 saturated carbocycles. The van der Waals surface area contributed by atoms with Crippen LogP contribution in [0.5, 0.6) is 0 Å². The van der Waals surface area contributed by atoms with Gasteiger partial charge < -0.3 is 10.4 Å². The summed E-state index contributed by atoms with van der Waals surface area (Å²) >= 11 is 0. The van der Waals surface area contributed by atoms with Gasteiger partial charge in [0.25, 0.3) is 0 Å². The van der Waals surface area contributed by atoms with Crippen LogP contribution in [0.4, 0.5) is 0 Å². The molecule has 1 aliphatic heterocycles. The smallest absolute Gasteiger partial charge is 0.149 e. The number of carbonyl (C=O) groups is 1. The first-order chi connectivity index (χ1) is 20.8. The Balaban J connectivity index is 1.25. The van der Waals surface area contributed by atoms with E-state index in [9.17, 15) is 4.79 Å². The molecule has 1 unspecified atom stereocenters. The van der Waals surface area contributed by atoms with Crippen LogP contribution in [-0.2, 0) is 17.9 Å². The SMILES string of the molecule is O=C(CCCCCCCCCCO)C1CCCCN1CCCNCCCCN(Cc1ccccc1)Cc1ccccc1. The summed E-state index contributed by atoms with van der Waals surface area (Å²) in [4.78, 5) is 18.1. The molecule has 5 heteroatoms. The minimum absolute atomic E-state index is 0.164. The van der Waals surface area contributed by atoms with Crippen LogP contribution in [0.15, 0.2) is 60.7 Å². The molecule has 5 nitrogen and oxygen atoms in total. The van der Waals surface area contributed by atoms with Crippen LogP contribution in [0.2, 0.25) is 0 Å². The van der Waals surface area contributed by atoms with Gasteiger partial charge >= 0.3 is 0 Å². The van der Waals surface area contributed by atoms with E-state index < -0.39 is 0 Å². The number of benzene rings is 2. The highest BCUT2D eigenvalue weighted by Gasteiger charge is 2.27. The number of hydrogen-bond donors (Lipinski definition) is 2. The molecule has 0 radical (unpaired) electrons. The van der Waals surface area contributed by atoms with Crippen molar-refractivity contribution in [2.24, 2.45) is 0 Å². The number of nitrogens with one attached hydrogen (secondary N) is 1. The molecule has 2 N–H and O–H groups in total. The van der Waals surface area contributed by atoms with E-state index in [1.54, 1.807) is 0 Å². The Labute approximate surface area is 257 Å². The second-order valence-corrected chi connectivity index (χ2v) is 12.3. The highest BCUT2D eigenvalue weighted by Crippen LogP contribution is 2.20. The number of ketones is 1. The monoisotopic (exact) mass is 577 g/mol. The number of rotatable bonds is 24. The molecule has 2 aromatic rings. The Kier molecular flexibility index (Phi) is 18.4. The fraction of sp³-hybridized carbons (Fsp3) is 0.649. The number of Topliss-reactive ketones (excluding diaryl/α,β-unsaturated/α-hetero) is 1. The third-order valence-corrected chi connectivity index (χ3v) is 8.69. The maximum absolute atomic E-state index is 13.0. The molecule has 1 fully saturated rings. The van der Waals surface area contributed by atoms with Gasteiger partial charge in [-0.15, -0.1) is 0 Å². The topological polar surface area (TPSA) is 55.8 Å². The summed E-state index contributed by atoms with van der Waals surface area (Å²) in [5.74, 6) is 0.487. The zero-order valence-electron chi connectivity index (χ0n) is 26.4. The fourth-order valence-electron chi connectivity index (χ4n) is 6.28. The zero-order chi connectivity index (χ0) is 29.5. The van der Waals surface area contributed by atoms with Gasteiger partial charge in [-0.25, -0.2) is 0 Å². The van der Waals surface area contributed by atoms with Crippen molar-refractivity contribution in [2.75, 3.05) is 39.3 Å². The van der Waals surface area contributed by atoms with Gasteiger partial charge in [-0.05, 0) is 82.3 Å². The van der Waals surface area contributed by atoms with Crippen LogP contribution < -0.4 is 5.32 Å². The molecule has 2 aromatic carbocycles. The van der Waals surface area contributed by atoms with E-state index in [-0.39, 0.29) is 6.04 Å². The lowest BCUT2D eigenvalue weighted by atomic mass is 9.95. The van der Waals surface area contributed by atoms with Gasteiger partial charge in [0.1, 0.15) is 5.78 Å². The van der Waals surface area contributed by atoms with Crippen LogP contribution in [0.3, 0.4) is 0 Å². The summed E-state index contributed by atoms with van der Waals surface area (Å²) in [6, 6.07) is 21.8. The molecule has 0 spiro atoms. The summed E-state index contributed by atoms with van der Waals surface area (Å²) < 4.78 is 0. The summed E-state index contributed by atoms with van der Waals surface area (Å²) in [7, 11) is 0. The molecule has 1 heterocycles. The van der Waals surface area contributed by atoms with Crippen molar-refractivity contribution in [1.29, 1.82) is 0 Å². The van der Waals surface area contributed by atoms with Crippen LogP contribution >= 0.6 is 0 Å². The Morgan fingerprint density at radius 2 is 1.33 bits per heavy atom. The van der Waals surface area contributed by atoms with Gasteiger partial charge in [-0.1, -0.05) is 106 Å². The normalized spacial score (nSPS) is 15.8. The van der Waals surface area contributed by atoms with E-state index in [4.69, 9.17) is 5.11 Å². The predicted octanol–water partition coefficient (Wildman–Crippen LogP) is 7.38. The minimum Gasteiger partial charge on any atom is -0.396 e. The molecular formula is C37H59N3O2. The summed E-state index contributed by atoms with van der Waals surface area (Å²) in [5, 5.41) is 12.5. The second kappa shape index (κ2) is 22.5. The maximum atomic E-state index is 13.0. The molecule has 234 valence electrons. The van der Waals surface area contributed by atoms with Gasteiger partial charge in [0, 0.05) is 32.7 Å². The van der Waals surface area contributed by atoms with Crippen LogP contribution in [0, 0.1) is 0 Å². The number of aliphatic hydroxyl groups is 1. The average molecular weight is 578 g/mol. The Morgan fingerprint density at radius 1 is 0.738 bits per heavy atom. The number of carbonyl (C=O) groups excluding carboxylic acids is 1. The maximum Gasteiger partial charge on any atom is 0.149 e. The molecule has 0 bridgehead atoms. The lowest BCUT2D eigenvalue weighted by Gasteiger charge is -2.34. The number of nitrogens with zero attached hydrogens (tertiary/aromatic N) is 2. The number of likely N-dealkylation sites (tertiary alicyclic amines) is 1. The van der Waals surface area contributed by atoms with E-state index in [2.05, 4.69) is 75.8 Å². The Hall–Kier alpha value is -2.05. The molecular weight excluding hydrogens is 518 g/mol. The Bertz CT molecular complexity index is 882. The highest BCUT2D eigenvalue weighted by atomic mass is 16.2. The van der Waals surface area contributed by atoms with Crippen molar-refractivity contribution in [1.82, 2.24) is 15.1 Å². The van der Waals surface area contributed by atoms with Crippen molar-refractivity contribution in [3.05, 3.63) is 71.8 Å². The van der Waals surface area contributed by atoms with Gasteiger partial charge in [-0.2, -0.15) is 0 Å². The van der Waals surface area contributed by atoms with Crippen molar-refractivity contribution in [3.63, 3.8) is 0 Å². The molecule has 1 saturated heterocycles. The third kappa shape index (κ3) is 14.9. The van der Waals surface area contributed by atoms with Gasteiger partial charge in [0.15, 0.2) is 0 Å². The number of hydrogen-bond acceptors (Lipinski definition) is 5. The molecule has 1 aliphatic rings. The number of piperidine rings is 1. The average Bonchev–Trinajstić information content (AvgIpc) is 3.02. The van der Waals surface area contributed by atoms with Crippen LogP contribution in [0.1, 0.15) is 107 Å². The summed E-state index contributed by atoms with van der Waals surface area (Å²) in [6.45, 7) is 7.63. The van der Waals surface area contributed by atoms with Crippen LogP contribution in [-0.4, -0.2) is 66.1 Å². The van der Waals surface area contributed by atoms with Gasteiger partial charge in [0.2, 0.25) is 0 Å². The van der Waals surface area contributed by atoms with Gasteiger partial charge in [0.05, 0.1) is 6.04 Å². The minimum atomic E-state index is 0.164. The molecule has 0 aromatic heterocycles. The second-order valence-electron chi connectivity index (χ2n) is 12.3. The largest absolute Gasteiger partial charge is 0.396 e. The van der Waals surface area contributed by atoms with E-state index >= 15 is 0 Å². The molecule has 3 rings (SSSR count). The van der Waals surface area contributed by atoms with Crippen LogP contribution in [0.25, 0.3) is 0 Å². The van der Waals surface area contributed by atoms with Gasteiger partial charge in [-0.3, -0.25) is 14.6 Å². The van der Waals surface area contributed by atoms with Crippen molar-refractivity contribution in [3.8, 4) is 0 Å². The van der Waals surface area contributed by atoms with E-state index in [1.165, 1.54) is 68.9 Å². The molecule has 0 amide bonds. The molecule has 42 heavy (non-hydrogen) atoms. The fourth-order valence-corrected chi connectivity index (χ4v) is 6.28. The number of unbranched alkanes of at least 4 members (excludes halogenated alkanes) is 8. The van der Waals surface area contributed by atoms with E-state index in [0.717, 1.165) is 84.3 Å². The molecule has 0 aliphatic carbocycles. The van der Waals surface area contributed by atoms with Crippen molar-refractivity contribution >= 4 is 5.78 Å².